The molecule has 0 atom stereocenters. The number of nitrogens with zero attached hydrogens (tertiary/aromatic N) is 2. The Morgan fingerprint density at radius 1 is 1.07 bits per heavy atom. The van der Waals surface area contributed by atoms with Gasteiger partial charge in [0.25, 0.3) is 10.0 Å². The zero-order valence-electron chi connectivity index (χ0n) is 14.9. The maximum Gasteiger partial charge on any atom is 0.268 e. The van der Waals surface area contributed by atoms with Gasteiger partial charge in [-0.1, -0.05) is 0 Å². The molecule has 0 aliphatic carbocycles. The van der Waals surface area contributed by atoms with E-state index in [1.807, 2.05) is 0 Å². The molecule has 27 heavy (non-hydrogen) atoms. The first-order chi connectivity index (χ1) is 13.0. The molecule has 0 aliphatic heterocycles. The van der Waals surface area contributed by atoms with Gasteiger partial charge in [0.15, 0.2) is 0 Å². The first kappa shape index (κ1) is 18.9. The highest BCUT2D eigenvalue weighted by Gasteiger charge is 2.22. The Kier molecular flexibility index (Phi) is 5.43. The van der Waals surface area contributed by atoms with Crippen molar-refractivity contribution >= 4 is 32.3 Å². The SMILES string of the molecule is COCCNc1ccc(N=O)c2c1ccn2S(=O)(=O)c1ccc(OC)cc1. The third kappa shape index (κ3) is 3.51. The number of nitroso groups, excluding NO2 is 1. The number of hydrogen-bond donors (Lipinski definition) is 1. The maximum absolute atomic E-state index is 13.1. The molecule has 0 saturated heterocycles. The molecule has 3 rings (SSSR count). The van der Waals surface area contributed by atoms with Gasteiger partial charge in [0, 0.05) is 30.9 Å². The van der Waals surface area contributed by atoms with Crippen LogP contribution in [0.3, 0.4) is 0 Å². The van der Waals surface area contributed by atoms with Gasteiger partial charge in [-0.15, -0.1) is 4.91 Å². The van der Waals surface area contributed by atoms with Crippen LogP contribution < -0.4 is 10.1 Å². The van der Waals surface area contributed by atoms with Crippen LogP contribution in [0.5, 0.6) is 5.75 Å². The van der Waals surface area contributed by atoms with Crippen LogP contribution in [0, 0.1) is 4.91 Å². The van der Waals surface area contributed by atoms with Gasteiger partial charge >= 0.3 is 0 Å². The van der Waals surface area contributed by atoms with E-state index in [1.165, 1.54) is 31.5 Å². The second kappa shape index (κ2) is 7.77. The minimum atomic E-state index is -3.91. The zero-order valence-corrected chi connectivity index (χ0v) is 15.7. The first-order valence-corrected chi connectivity index (χ1v) is 9.56. The van der Waals surface area contributed by atoms with E-state index in [1.54, 1.807) is 31.4 Å². The molecule has 1 N–H and O–H groups in total. The molecule has 0 bridgehead atoms. The van der Waals surface area contributed by atoms with Crippen LogP contribution in [0.25, 0.3) is 10.9 Å². The number of anilines is 1. The van der Waals surface area contributed by atoms with E-state index < -0.39 is 10.0 Å². The summed E-state index contributed by atoms with van der Waals surface area (Å²) in [7, 11) is -0.817. The second-order valence-electron chi connectivity index (χ2n) is 5.70. The second-order valence-corrected chi connectivity index (χ2v) is 7.51. The van der Waals surface area contributed by atoms with E-state index in [-0.39, 0.29) is 16.1 Å². The number of nitrogens with one attached hydrogen (secondary N) is 1. The number of fused-ring (bicyclic) bond motifs is 1. The van der Waals surface area contributed by atoms with Crippen molar-refractivity contribution in [3.8, 4) is 5.75 Å². The van der Waals surface area contributed by atoms with Crippen LogP contribution in [0.2, 0.25) is 0 Å². The van der Waals surface area contributed by atoms with Gasteiger partial charge in [-0.3, -0.25) is 0 Å². The maximum atomic E-state index is 13.1. The lowest BCUT2D eigenvalue weighted by Crippen LogP contribution is -2.12. The average molecular weight is 389 g/mol. The summed E-state index contributed by atoms with van der Waals surface area (Å²) in [6.45, 7) is 1.02. The van der Waals surface area contributed by atoms with Crippen LogP contribution in [0.4, 0.5) is 11.4 Å². The molecule has 0 amide bonds. The number of hydrogen-bond acceptors (Lipinski definition) is 7. The number of rotatable bonds is 8. The molecule has 0 fully saturated rings. The van der Waals surface area contributed by atoms with Crippen molar-refractivity contribution < 1.29 is 17.9 Å². The Hall–Kier alpha value is -2.91. The van der Waals surface area contributed by atoms with Crippen molar-refractivity contribution in [3.05, 3.63) is 53.6 Å². The van der Waals surface area contributed by atoms with Crippen molar-refractivity contribution in [1.29, 1.82) is 0 Å². The highest BCUT2D eigenvalue weighted by molar-refractivity contribution is 7.90. The van der Waals surface area contributed by atoms with Gasteiger partial charge in [-0.25, -0.2) is 12.4 Å². The fourth-order valence-corrected chi connectivity index (χ4v) is 4.15. The van der Waals surface area contributed by atoms with Gasteiger partial charge in [0.2, 0.25) is 0 Å². The van der Waals surface area contributed by atoms with E-state index in [0.29, 0.717) is 30.0 Å². The van der Waals surface area contributed by atoms with Crippen molar-refractivity contribution in [2.45, 2.75) is 4.90 Å². The minimum absolute atomic E-state index is 0.0457. The predicted octanol–water partition coefficient (Wildman–Crippen LogP) is 3.34. The summed E-state index contributed by atoms with van der Waals surface area (Å²) >= 11 is 0. The molecule has 0 aliphatic rings. The fraction of sp³-hybridized carbons (Fsp3) is 0.222. The molecule has 1 heterocycles. The normalized spacial score (nSPS) is 11.5. The highest BCUT2D eigenvalue weighted by atomic mass is 32.2. The lowest BCUT2D eigenvalue weighted by Gasteiger charge is -2.11. The molecular formula is C18H19N3O5S. The fourth-order valence-electron chi connectivity index (χ4n) is 2.79. The van der Waals surface area contributed by atoms with E-state index >= 15 is 0 Å². The van der Waals surface area contributed by atoms with Gasteiger partial charge in [0.1, 0.15) is 11.4 Å². The van der Waals surface area contributed by atoms with Crippen LogP contribution in [0.1, 0.15) is 0 Å². The van der Waals surface area contributed by atoms with E-state index in [4.69, 9.17) is 9.47 Å². The Labute approximate surface area is 156 Å². The number of ether oxygens (including phenoxy) is 2. The van der Waals surface area contributed by atoms with Crippen LogP contribution in [-0.4, -0.2) is 39.8 Å². The molecule has 2 aromatic carbocycles. The highest BCUT2D eigenvalue weighted by Crippen LogP contribution is 2.35. The Balaban J connectivity index is 2.13. The summed E-state index contributed by atoms with van der Waals surface area (Å²) in [6, 6.07) is 10.9. The Morgan fingerprint density at radius 2 is 1.81 bits per heavy atom. The summed E-state index contributed by atoms with van der Waals surface area (Å²) < 4.78 is 37.3. The lowest BCUT2D eigenvalue weighted by molar-refractivity contribution is 0.211. The molecule has 3 aromatic rings. The van der Waals surface area contributed by atoms with Gasteiger partial charge < -0.3 is 14.8 Å². The monoisotopic (exact) mass is 389 g/mol. The Bertz CT molecular complexity index is 1060. The van der Waals surface area contributed by atoms with Gasteiger partial charge in [-0.2, -0.15) is 0 Å². The molecule has 8 nitrogen and oxygen atoms in total. The zero-order chi connectivity index (χ0) is 19.4. The van der Waals surface area contributed by atoms with Crippen LogP contribution in [-0.2, 0) is 14.8 Å². The van der Waals surface area contributed by atoms with E-state index in [2.05, 4.69) is 10.5 Å². The molecule has 0 unspecified atom stereocenters. The van der Waals surface area contributed by atoms with Crippen molar-refractivity contribution in [2.75, 3.05) is 32.7 Å². The molecule has 142 valence electrons. The summed E-state index contributed by atoms with van der Waals surface area (Å²) in [5, 5.41) is 6.75. The lowest BCUT2D eigenvalue weighted by atomic mass is 10.2. The summed E-state index contributed by atoms with van der Waals surface area (Å²) in [6.07, 6.45) is 1.42. The smallest absolute Gasteiger partial charge is 0.268 e. The molecular weight excluding hydrogens is 370 g/mol. The molecule has 1 aromatic heterocycles. The first-order valence-electron chi connectivity index (χ1n) is 8.12. The quantitative estimate of drug-likeness (QED) is 0.469. The molecule has 9 heteroatoms. The standard InChI is InChI=1S/C18H19N3O5S/c1-25-12-10-19-16-7-8-17(20-22)18-15(16)9-11-21(18)27(23,24)14-5-3-13(26-2)4-6-14/h3-9,11,19H,10,12H2,1-2H3. The minimum Gasteiger partial charge on any atom is -0.497 e. The molecule has 0 radical (unpaired) electrons. The third-order valence-corrected chi connectivity index (χ3v) is 5.82. The van der Waals surface area contributed by atoms with Crippen molar-refractivity contribution in [2.24, 2.45) is 5.18 Å². The summed E-state index contributed by atoms with van der Waals surface area (Å²) in [5.74, 6) is 0.547. The summed E-state index contributed by atoms with van der Waals surface area (Å²) in [4.78, 5) is 11.4. The van der Waals surface area contributed by atoms with Crippen molar-refractivity contribution in [3.63, 3.8) is 0 Å². The Morgan fingerprint density at radius 3 is 2.44 bits per heavy atom. The van der Waals surface area contributed by atoms with Crippen molar-refractivity contribution in [1.82, 2.24) is 3.97 Å². The van der Waals surface area contributed by atoms with E-state index in [0.717, 1.165) is 3.97 Å². The number of aromatic nitrogens is 1. The van der Waals surface area contributed by atoms with E-state index in [9.17, 15) is 13.3 Å². The molecule has 0 saturated carbocycles. The average Bonchev–Trinajstić information content (AvgIpc) is 3.15. The number of methoxy groups -OCH3 is 2. The number of benzene rings is 2. The third-order valence-electron chi connectivity index (χ3n) is 4.13. The van der Waals surface area contributed by atoms with Crippen LogP contribution >= 0.6 is 0 Å². The predicted molar refractivity (Wildman–Crippen MR) is 103 cm³/mol. The van der Waals surface area contributed by atoms with Crippen LogP contribution in [0.15, 0.2) is 58.7 Å². The molecule has 0 spiro atoms. The van der Waals surface area contributed by atoms with Gasteiger partial charge in [-0.05, 0) is 47.6 Å². The topological polar surface area (TPSA) is 99.0 Å². The van der Waals surface area contributed by atoms with Gasteiger partial charge in [0.05, 0.1) is 24.1 Å². The summed E-state index contributed by atoms with van der Waals surface area (Å²) in [5.41, 5.74) is 0.964. The largest absolute Gasteiger partial charge is 0.497 e.